The summed E-state index contributed by atoms with van der Waals surface area (Å²) in [6.07, 6.45) is 3.82. The van der Waals surface area contributed by atoms with Crippen LogP contribution in [0.4, 0.5) is 5.69 Å². The molecule has 1 heterocycles. The molecular formula is C24H31N3O. The van der Waals surface area contributed by atoms with Gasteiger partial charge in [-0.2, -0.15) is 0 Å². The average molecular weight is 378 g/mol. The van der Waals surface area contributed by atoms with Gasteiger partial charge in [-0.3, -0.25) is 9.69 Å². The summed E-state index contributed by atoms with van der Waals surface area (Å²) in [6, 6.07) is 19.7. The quantitative estimate of drug-likeness (QED) is 0.766. The molecule has 28 heavy (non-hydrogen) atoms. The number of amides is 1. The van der Waals surface area contributed by atoms with E-state index in [2.05, 4.69) is 58.0 Å². The van der Waals surface area contributed by atoms with E-state index in [0.29, 0.717) is 12.0 Å². The first kappa shape index (κ1) is 19.2. The molecule has 1 saturated carbocycles. The molecule has 4 heteroatoms. The molecule has 4 rings (SSSR count). The van der Waals surface area contributed by atoms with Gasteiger partial charge in [-0.1, -0.05) is 42.5 Å². The molecule has 0 aromatic heterocycles. The summed E-state index contributed by atoms with van der Waals surface area (Å²) < 4.78 is 0. The molecule has 1 saturated heterocycles. The summed E-state index contributed by atoms with van der Waals surface area (Å²) in [5.74, 6) is 1.41. The smallest absolute Gasteiger partial charge is 0.221 e. The van der Waals surface area contributed by atoms with E-state index in [-0.39, 0.29) is 5.91 Å². The van der Waals surface area contributed by atoms with Crippen LogP contribution >= 0.6 is 0 Å². The van der Waals surface area contributed by atoms with Crippen LogP contribution in [-0.2, 0) is 11.3 Å². The van der Waals surface area contributed by atoms with Gasteiger partial charge in [-0.05, 0) is 68.1 Å². The van der Waals surface area contributed by atoms with Gasteiger partial charge in [0.2, 0.25) is 5.91 Å². The second-order valence-corrected chi connectivity index (χ2v) is 8.37. The molecule has 2 aromatic rings. The minimum Gasteiger partial charge on any atom is -0.326 e. The van der Waals surface area contributed by atoms with Crippen molar-refractivity contribution >= 4 is 11.6 Å². The second kappa shape index (κ2) is 8.89. The fourth-order valence-electron chi connectivity index (χ4n) is 4.31. The Morgan fingerprint density at radius 3 is 2.43 bits per heavy atom. The third kappa shape index (κ3) is 5.21. The standard InChI is InChI=1S/C24H31N3O/c1-18(28)26-22-9-7-21(8-10-22)23-15-24(23)25-16-19-11-13-27(14-12-19)17-20-5-3-2-4-6-20/h2-10,19,23-25H,11-17H2,1H3,(H,26,28)/t23-,24+/m0/s1. The lowest BCUT2D eigenvalue weighted by Crippen LogP contribution is -2.37. The number of piperidine rings is 1. The van der Waals surface area contributed by atoms with Gasteiger partial charge in [-0.25, -0.2) is 0 Å². The first-order valence-electron chi connectivity index (χ1n) is 10.5. The average Bonchev–Trinajstić information content (AvgIpc) is 3.48. The monoisotopic (exact) mass is 377 g/mol. The van der Waals surface area contributed by atoms with Gasteiger partial charge in [0.05, 0.1) is 0 Å². The molecule has 0 unspecified atom stereocenters. The van der Waals surface area contributed by atoms with Crippen LogP contribution in [0.1, 0.15) is 43.2 Å². The normalized spacial score (nSPS) is 22.8. The fourth-order valence-corrected chi connectivity index (χ4v) is 4.31. The summed E-state index contributed by atoms with van der Waals surface area (Å²) in [6.45, 7) is 6.19. The molecular weight excluding hydrogens is 346 g/mol. The highest BCUT2D eigenvalue weighted by Gasteiger charge is 2.38. The van der Waals surface area contributed by atoms with E-state index in [1.807, 2.05) is 12.1 Å². The van der Waals surface area contributed by atoms with Gasteiger partial charge in [0.1, 0.15) is 0 Å². The van der Waals surface area contributed by atoms with Crippen molar-refractivity contribution in [2.24, 2.45) is 5.92 Å². The van der Waals surface area contributed by atoms with Crippen molar-refractivity contribution < 1.29 is 4.79 Å². The van der Waals surface area contributed by atoms with Crippen molar-refractivity contribution in [3.8, 4) is 0 Å². The number of benzene rings is 2. The zero-order chi connectivity index (χ0) is 19.3. The minimum atomic E-state index is -0.0199. The van der Waals surface area contributed by atoms with E-state index in [1.54, 1.807) is 6.92 Å². The van der Waals surface area contributed by atoms with Gasteiger partial charge in [0.25, 0.3) is 0 Å². The van der Waals surface area contributed by atoms with Crippen LogP contribution in [0.25, 0.3) is 0 Å². The van der Waals surface area contributed by atoms with Gasteiger partial charge in [-0.15, -0.1) is 0 Å². The zero-order valence-electron chi connectivity index (χ0n) is 16.7. The third-order valence-electron chi connectivity index (χ3n) is 6.07. The summed E-state index contributed by atoms with van der Waals surface area (Å²) in [7, 11) is 0. The molecule has 0 radical (unpaired) electrons. The second-order valence-electron chi connectivity index (χ2n) is 8.37. The van der Waals surface area contributed by atoms with Crippen LogP contribution in [0, 0.1) is 5.92 Å². The molecule has 148 valence electrons. The first-order chi connectivity index (χ1) is 13.7. The molecule has 1 aliphatic carbocycles. The van der Waals surface area contributed by atoms with Gasteiger partial charge in [0.15, 0.2) is 0 Å². The number of hydrogen-bond acceptors (Lipinski definition) is 3. The number of hydrogen-bond donors (Lipinski definition) is 2. The highest BCUT2D eigenvalue weighted by atomic mass is 16.1. The highest BCUT2D eigenvalue weighted by molar-refractivity contribution is 5.88. The van der Waals surface area contributed by atoms with E-state index >= 15 is 0 Å². The van der Waals surface area contributed by atoms with Crippen LogP contribution in [0.15, 0.2) is 54.6 Å². The maximum absolute atomic E-state index is 11.1. The predicted molar refractivity (Wildman–Crippen MR) is 114 cm³/mol. The lowest BCUT2D eigenvalue weighted by molar-refractivity contribution is -0.114. The van der Waals surface area contributed by atoms with Crippen molar-refractivity contribution in [2.45, 2.75) is 44.7 Å². The van der Waals surface area contributed by atoms with Crippen LogP contribution in [0.5, 0.6) is 0 Å². The topological polar surface area (TPSA) is 44.4 Å². The van der Waals surface area contributed by atoms with E-state index in [4.69, 9.17) is 0 Å². The molecule has 1 aliphatic heterocycles. The molecule has 2 atom stereocenters. The Kier molecular flexibility index (Phi) is 6.08. The summed E-state index contributed by atoms with van der Waals surface area (Å²) in [5.41, 5.74) is 3.68. The van der Waals surface area contributed by atoms with E-state index < -0.39 is 0 Å². The van der Waals surface area contributed by atoms with E-state index in [0.717, 1.165) is 24.7 Å². The maximum Gasteiger partial charge on any atom is 0.221 e. The Morgan fingerprint density at radius 2 is 1.75 bits per heavy atom. The van der Waals surface area contributed by atoms with E-state index in [1.165, 1.54) is 43.5 Å². The predicted octanol–water partition coefficient (Wildman–Crippen LogP) is 4.00. The molecule has 1 amide bonds. The summed E-state index contributed by atoms with van der Waals surface area (Å²) >= 11 is 0. The van der Waals surface area contributed by atoms with Crippen molar-refractivity contribution in [3.05, 3.63) is 65.7 Å². The lowest BCUT2D eigenvalue weighted by atomic mass is 9.96. The van der Waals surface area contributed by atoms with Crippen molar-refractivity contribution in [1.82, 2.24) is 10.2 Å². The van der Waals surface area contributed by atoms with Gasteiger partial charge >= 0.3 is 0 Å². The summed E-state index contributed by atoms with van der Waals surface area (Å²) in [4.78, 5) is 13.7. The number of nitrogens with zero attached hydrogens (tertiary/aromatic N) is 1. The van der Waals surface area contributed by atoms with Crippen molar-refractivity contribution in [3.63, 3.8) is 0 Å². The molecule has 2 aromatic carbocycles. The lowest BCUT2D eigenvalue weighted by Gasteiger charge is -2.32. The number of nitrogens with one attached hydrogen (secondary N) is 2. The van der Waals surface area contributed by atoms with Crippen LogP contribution in [0.2, 0.25) is 0 Å². The van der Waals surface area contributed by atoms with Gasteiger partial charge < -0.3 is 10.6 Å². The van der Waals surface area contributed by atoms with Crippen LogP contribution < -0.4 is 10.6 Å². The summed E-state index contributed by atoms with van der Waals surface area (Å²) in [5, 5.41) is 6.63. The number of carbonyl (C=O) groups is 1. The Labute approximate surface area is 168 Å². The Morgan fingerprint density at radius 1 is 1.04 bits per heavy atom. The number of likely N-dealkylation sites (tertiary alicyclic amines) is 1. The van der Waals surface area contributed by atoms with Gasteiger partial charge in [0, 0.05) is 31.1 Å². The zero-order valence-corrected chi connectivity index (χ0v) is 16.7. The molecule has 4 nitrogen and oxygen atoms in total. The minimum absolute atomic E-state index is 0.0199. The Balaban J connectivity index is 1.16. The maximum atomic E-state index is 11.1. The highest BCUT2D eigenvalue weighted by Crippen LogP contribution is 2.41. The third-order valence-corrected chi connectivity index (χ3v) is 6.07. The molecule has 0 bridgehead atoms. The molecule has 2 N–H and O–H groups in total. The number of carbonyl (C=O) groups excluding carboxylic acids is 1. The Hall–Kier alpha value is -2.17. The largest absolute Gasteiger partial charge is 0.326 e. The Bertz CT molecular complexity index is 766. The number of anilines is 1. The molecule has 2 fully saturated rings. The van der Waals surface area contributed by atoms with Crippen LogP contribution in [-0.4, -0.2) is 36.5 Å². The fraction of sp³-hybridized carbons (Fsp3) is 0.458. The SMILES string of the molecule is CC(=O)Nc1ccc([C@@H]2C[C@H]2NCC2CCN(Cc3ccccc3)CC2)cc1. The van der Waals surface area contributed by atoms with Crippen molar-refractivity contribution in [2.75, 3.05) is 25.0 Å². The first-order valence-corrected chi connectivity index (χ1v) is 10.5. The van der Waals surface area contributed by atoms with Crippen molar-refractivity contribution in [1.29, 1.82) is 0 Å². The molecule has 2 aliphatic rings. The molecule has 0 spiro atoms. The van der Waals surface area contributed by atoms with E-state index in [9.17, 15) is 4.79 Å². The van der Waals surface area contributed by atoms with Crippen LogP contribution in [0.3, 0.4) is 0 Å². The number of rotatable bonds is 7.